The van der Waals surface area contributed by atoms with Crippen molar-refractivity contribution in [3.63, 3.8) is 0 Å². The number of carbonyl (C=O) groups excluding carboxylic acids is 1. The molecule has 0 unspecified atom stereocenters. The highest BCUT2D eigenvalue weighted by atomic mass is 79.9. The van der Waals surface area contributed by atoms with E-state index in [2.05, 4.69) is 45.7 Å². The lowest BCUT2D eigenvalue weighted by Gasteiger charge is -2.35. The van der Waals surface area contributed by atoms with Crippen molar-refractivity contribution in [3.8, 4) is 10.6 Å². The van der Waals surface area contributed by atoms with Gasteiger partial charge in [-0.3, -0.25) is 9.69 Å². The van der Waals surface area contributed by atoms with Crippen LogP contribution in [0.1, 0.15) is 19.5 Å². The molecule has 2 heterocycles. The Morgan fingerprint density at radius 1 is 1.28 bits per heavy atom. The molecule has 1 aromatic heterocycles. The zero-order valence-electron chi connectivity index (χ0n) is 14.7. The number of amides is 1. The molecule has 1 saturated heterocycles. The Hall–Kier alpha value is -1.24. The van der Waals surface area contributed by atoms with E-state index in [-0.39, 0.29) is 5.91 Å². The third-order valence-electron chi connectivity index (χ3n) is 4.30. The van der Waals surface area contributed by atoms with Gasteiger partial charge in [0.05, 0.1) is 12.1 Å². The SMILES string of the molecule is CC(C)CN1CCN(C(=O)Cc2csc(-c3cccc(Br)c3)n2)CC1. The van der Waals surface area contributed by atoms with E-state index >= 15 is 0 Å². The van der Waals surface area contributed by atoms with Crippen molar-refractivity contribution >= 4 is 33.2 Å². The highest BCUT2D eigenvalue weighted by molar-refractivity contribution is 9.10. The molecule has 0 N–H and O–H groups in total. The van der Waals surface area contributed by atoms with Crippen molar-refractivity contribution in [1.82, 2.24) is 14.8 Å². The number of carbonyl (C=O) groups is 1. The van der Waals surface area contributed by atoms with Crippen LogP contribution < -0.4 is 0 Å². The Morgan fingerprint density at radius 3 is 2.72 bits per heavy atom. The molecule has 2 aromatic rings. The molecule has 0 radical (unpaired) electrons. The maximum atomic E-state index is 12.6. The van der Waals surface area contributed by atoms with Gasteiger partial charge in [-0.2, -0.15) is 0 Å². The van der Waals surface area contributed by atoms with Crippen LogP contribution in [0.2, 0.25) is 0 Å². The number of rotatable bonds is 5. The molecule has 0 atom stereocenters. The number of hydrogen-bond acceptors (Lipinski definition) is 4. The zero-order valence-corrected chi connectivity index (χ0v) is 17.1. The lowest BCUT2D eigenvalue weighted by atomic mass is 10.2. The Morgan fingerprint density at radius 2 is 2.04 bits per heavy atom. The number of benzene rings is 1. The summed E-state index contributed by atoms with van der Waals surface area (Å²) in [6, 6.07) is 8.10. The largest absolute Gasteiger partial charge is 0.340 e. The molecule has 0 spiro atoms. The van der Waals surface area contributed by atoms with E-state index in [0.717, 1.165) is 53.5 Å². The van der Waals surface area contributed by atoms with Gasteiger partial charge < -0.3 is 4.90 Å². The van der Waals surface area contributed by atoms with E-state index < -0.39 is 0 Å². The minimum Gasteiger partial charge on any atom is -0.340 e. The summed E-state index contributed by atoms with van der Waals surface area (Å²) in [7, 11) is 0. The summed E-state index contributed by atoms with van der Waals surface area (Å²) in [5.74, 6) is 0.865. The number of aromatic nitrogens is 1. The van der Waals surface area contributed by atoms with Gasteiger partial charge >= 0.3 is 0 Å². The first-order valence-corrected chi connectivity index (χ1v) is 10.4. The highest BCUT2D eigenvalue weighted by Crippen LogP contribution is 2.26. The predicted molar refractivity (Wildman–Crippen MR) is 107 cm³/mol. The molecule has 1 aliphatic heterocycles. The predicted octanol–water partition coefficient (Wildman–Crippen LogP) is 3.92. The summed E-state index contributed by atoms with van der Waals surface area (Å²) >= 11 is 5.09. The monoisotopic (exact) mass is 421 g/mol. The lowest BCUT2D eigenvalue weighted by molar-refractivity contribution is -0.132. The van der Waals surface area contributed by atoms with Gasteiger partial charge in [0.2, 0.25) is 5.91 Å². The number of nitrogens with zero attached hydrogens (tertiary/aromatic N) is 3. The molecule has 1 aliphatic rings. The molecule has 25 heavy (non-hydrogen) atoms. The fourth-order valence-electron chi connectivity index (χ4n) is 3.11. The molecule has 1 aromatic carbocycles. The third-order valence-corrected chi connectivity index (χ3v) is 5.74. The van der Waals surface area contributed by atoms with Crippen LogP contribution in [0.25, 0.3) is 10.6 Å². The van der Waals surface area contributed by atoms with Gasteiger partial charge in [0.25, 0.3) is 0 Å². The van der Waals surface area contributed by atoms with Crippen LogP contribution in [0.5, 0.6) is 0 Å². The van der Waals surface area contributed by atoms with Gasteiger partial charge in [-0.1, -0.05) is 41.9 Å². The second-order valence-electron chi connectivity index (χ2n) is 6.91. The fraction of sp³-hybridized carbons (Fsp3) is 0.474. The van der Waals surface area contributed by atoms with E-state index in [1.165, 1.54) is 0 Å². The Kier molecular flexibility index (Phi) is 6.25. The van der Waals surface area contributed by atoms with Gasteiger partial charge in [0.15, 0.2) is 0 Å². The van der Waals surface area contributed by atoms with Crippen LogP contribution in [0, 0.1) is 5.92 Å². The average molecular weight is 422 g/mol. The molecule has 1 fully saturated rings. The standard InChI is InChI=1S/C19H24BrN3OS/c1-14(2)12-22-6-8-23(9-7-22)18(24)11-17-13-25-19(21-17)15-4-3-5-16(20)10-15/h3-5,10,13-14H,6-9,11-12H2,1-2H3. The summed E-state index contributed by atoms with van der Waals surface area (Å²) in [6.07, 6.45) is 0.398. The van der Waals surface area contributed by atoms with Crippen LogP contribution >= 0.6 is 27.3 Å². The lowest BCUT2D eigenvalue weighted by Crippen LogP contribution is -2.49. The molecule has 0 aliphatic carbocycles. The highest BCUT2D eigenvalue weighted by Gasteiger charge is 2.22. The topological polar surface area (TPSA) is 36.4 Å². The number of piperazine rings is 1. The summed E-state index contributed by atoms with van der Waals surface area (Å²) in [5, 5.41) is 2.97. The molecule has 0 bridgehead atoms. The summed E-state index contributed by atoms with van der Waals surface area (Å²) in [6.45, 7) is 9.20. The molecule has 6 heteroatoms. The van der Waals surface area contributed by atoms with E-state index in [0.29, 0.717) is 12.3 Å². The zero-order chi connectivity index (χ0) is 17.8. The normalized spacial score (nSPS) is 15.8. The second-order valence-corrected chi connectivity index (χ2v) is 8.68. The first-order chi connectivity index (χ1) is 12.0. The van der Waals surface area contributed by atoms with Crippen molar-refractivity contribution < 1.29 is 4.79 Å². The van der Waals surface area contributed by atoms with Crippen molar-refractivity contribution in [3.05, 3.63) is 39.8 Å². The van der Waals surface area contributed by atoms with Gasteiger partial charge in [-0.15, -0.1) is 11.3 Å². The van der Waals surface area contributed by atoms with Crippen LogP contribution in [-0.2, 0) is 11.2 Å². The van der Waals surface area contributed by atoms with E-state index in [1.807, 2.05) is 28.5 Å². The number of halogens is 1. The number of thiazole rings is 1. The van der Waals surface area contributed by atoms with Crippen LogP contribution in [0.4, 0.5) is 0 Å². The molecule has 134 valence electrons. The summed E-state index contributed by atoms with van der Waals surface area (Å²) < 4.78 is 1.04. The van der Waals surface area contributed by atoms with Gasteiger partial charge in [-0.05, 0) is 18.1 Å². The Balaban J connectivity index is 1.56. The van der Waals surface area contributed by atoms with Crippen molar-refractivity contribution in [1.29, 1.82) is 0 Å². The minimum atomic E-state index is 0.190. The smallest absolute Gasteiger partial charge is 0.228 e. The summed E-state index contributed by atoms with van der Waals surface area (Å²) in [5.41, 5.74) is 1.95. The van der Waals surface area contributed by atoms with Crippen LogP contribution in [0.3, 0.4) is 0 Å². The maximum Gasteiger partial charge on any atom is 0.228 e. The molecule has 3 rings (SSSR count). The van der Waals surface area contributed by atoms with E-state index in [4.69, 9.17) is 0 Å². The van der Waals surface area contributed by atoms with Crippen LogP contribution in [0.15, 0.2) is 34.1 Å². The Labute approximate surface area is 162 Å². The maximum absolute atomic E-state index is 12.6. The van der Waals surface area contributed by atoms with Crippen molar-refractivity contribution in [2.24, 2.45) is 5.92 Å². The first-order valence-electron chi connectivity index (χ1n) is 8.71. The Bertz CT molecular complexity index is 723. The van der Waals surface area contributed by atoms with E-state index in [9.17, 15) is 4.79 Å². The summed E-state index contributed by atoms with van der Waals surface area (Å²) in [4.78, 5) is 21.6. The third kappa shape index (κ3) is 5.12. The van der Waals surface area contributed by atoms with Crippen LogP contribution in [-0.4, -0.2) is 53.4 Å². The minimum absolute atomic E-state index is 0.190. The molecule has 1 amide bonds. The second kappa shape index (κ2) is 8.43. The first kappa shape index (κ1) is 18.5. The molecule has 0 saturated carbocycles. The molecular formula is C19H24BrN3OS. The number of hydrogen-bond donors (Lipinski definition) is 0. The van der Waals surface area contributed by atoms with Gasteiger partial charge in [0.1, 0.15) is 5.01 Å². The van der Waals surface area contributed by atoms with Gasteiger partial charge in [-0.25, -0.2) is 4.98 Å². The van der Waals surface area contributed by atoms with Crippen molar-refractivity contribution in [2.75, 3.05) is 32.7 Å². The molecular weight excluding hydrogens is 398 g/mol. The van der Waals surface area contributed by atoms with Gasteiger partial charge in [0, 0.05) is 48.1 Å². The quantitative estimate of drug-likeness (QED) is 0.733. The van der Waals surface area contributed by atoms with Crippen molar-refractivity contribution in [2.45, 2.75) is 20.3 Å². The average Bonchev–Trinajstić information content (AvgIpc) is 3.03. The molecule has 4 nitrogen and oxygen atoms in total. The fourth-order valence-corrected chi connectivity index (χ4v) is 4.32. The van der Waals surface area contributed by atoms with E-state index in [1.54, 1.807) is 11.3 Å².